The first-order chi connectivity index (χ1) is 8.95. The molecule has 2 aromatic heterocycles. The van der Waals surface area contributed by atoms with Crippen LogP contribution in [0.2, 0.25) is 0 Å². The van der Waals surface area contributed by atoms with Gasteiger partial charge in [0.05, 0.1) is 23.8 Å². The van der Waals surface area contributed by atoms with Crippen molar-refractivity contribution in [3.8, 4) is 22.5 Å². The number of aromatic nitrogens is 6. The summed E-state index contributed by atoms with van der Waals surface area (Å²) >= 11 is 0. The van der Waals surface area contributed by atoms with Crippen LogP contribution in [0.1, 0.15) is 0 Å². The van der Waals surface area contributed by atoms with Crippen LogP contribution in [0.4, 0.5) is 0 Å². The van der Waals surface area contributed by atoms with Crippen LogP contribution in [0.5, 0.6) is 0 Å². The number of benzene rings is 1. The van der Waals surface area contributed by atoms with Gasteiger partial charge in [0.2, 0.25) is 0 Å². The van der Waals surface area contributed by atoms with E-state index >= 15 is 0 Å². The van der Waals surface area contributed by atoms with Crippen molar-refractivity contribution < 1.29 is 0 Å². The van der Waals surface area contributed by atoms with E-state index in [9.17, 15) is 0 Å². The molecule has 0 radical (unpaired) electrons. The van der Waals surface area contributed by atoms with Crippen LogP contribution in [0.3, 0.4) is 0 Å². The molecule has 0 atom stereocenters. The van der Waals surface area contributed by atoms with Crippen LogP contribution < -0.4 is 0 Å². The molecule has 0 unspecified atom stereocenters. The average Bonchev–Trinajstić information content (AvgIpc) is 2.49. The zero-order valence-electron chi connectivity index (χ0n) is 9.30. The third-order valence-corrected chi connectivity index (χ3v) is 2.49. The van der Waals surface area contributed by atoms with Crippen molar-refractivity contribution in [2.24, 2.45) is 0 Å². The number of rotatable bonds is 2. The summed E-state index contributed by atoms with van der Waals surface area (Å²) in [5.41, 5.74) is 3.37. The molecule has 6 heteroatoms. The van der Waals surface area contributed by atoms with Gasteiger partial charge in [0, 0.05) is 11.1 Å². The lowest BCUT2D eigenvalue weighted by atomic mass is 10.0. The molecule has 0 bridgehead atoms. The third kappa shape index (κ3) is 1.91. The Morgan fingerprint density at radius 3 is 1.50 bits per heavy atom. The van der Waals surface area contributed by atoms with Gasteiger partial charge in [0.1, 0.15) is 0 Å². The SMILES string of the molecule is c1ccc(-c2ccnnn2)c(-c2ccnnn2)c1. The van der Waals surface area contributed by atoms with Gasteiger partial charge in [-0.2, -0.15) is 0 Å². The lowest BCUT2D eigenvalue weighted by Gasteiger charge is -2.06. The van der Waals surface area contributed by atoms with Gasteiger partial charge < -0.3 is 0 Å². The molecular formula is C12H8N6. The van der Waals surface area contributed by atoms with Crippen LogP contribution >= 0.6 is 0 Å². The molecule has 0 aliphatic rings. The van der Waals surface area contributed by atoms with E-state index in [1.807, 2.05) is 24.3 Å². The predicted octanol–water partition coefficient (Wildman–Crippen LogP) is 1.39. The highest BCUT2D eigenvalue weighted by atomic mass is 15.3. The molecule has 6 nitrogen and oxygen atoms in total. The first kappa shape index (κ1) is 10.4. The summed E-state index contributed by atoms with van der Waals surface area (Å²) in [6.45, 7) is 0. The molecule has 0 saturated heterocycles. The Hall–Kier alpha value is -2.76. The van der Waals surface area contributed by atoms with E-state index in [1.54, 1.807) is 24.5 Å². The Balaban J connectivity index is 2.18. The number of hydrogen-bond donors (Lipinski definition) is 0. The Morgan fingerprint density at radius 1 is 0.611 bits per heavy atom. The molecule has 1 aromatic carbocycles. The van der Waals surface area contributed by atoms with Gasteiger partial charge >= 0.3 is 0 Å². The monoisotopic (exact) mass is 236 g/mol. The largest absolute Gasteiger partial charge is 0.139 e. The predicted molar refractivity (Wildman–Crippen MR) is 64.1 cm³/mol. The molecule has 0 fully saturated rings. The zero-order valence-corrected chi connectivity index (χ0v) is 9.30. The molecule has 86 valence electrons. The van der Waals surface area contributed by atoms with Crippen molar-refractivity contribution in [3.05, 3.63) is 48.8 Å². The van der Waals surface area contributed by atoms with E-state index in [0.717, 1.165) is 22.5 Å². The second-order valence-corrected chi connectivity index (χ2v) is 3.56. The molecule has 0 amide bonds. The van der Waals surface area contributed by atoms with Crippen molar-refractivity contribution in [2.75, 3.05) is 0 Å². The molecule has 18 heavy (non-hydrogen) atoms. The van der Waals surface area contributed by atoms with Crippen LogP contribution in [0.15, 0.2) is 48.8 Å². The Labute approximate surface area is 103 Å². The molecule has 0 saturated carbocycles. The topological polar surface area (TPSA) is 77.3 Å². The van der Waals surface area contributed by atoms with E-state index in [2.05, 4.69) is 30.8 Å². The molecule has 3 aromatic rings. The number of hydrogen-bond acceptors (Lipinski definition) is 6. The average molecular weight is 236 g/mol. The zero-order chi connectivity index (χ0) is 12.2. The number of nitrogens with zero attached hydrogens (tertiary/aromatic N) is 6. The van der Waals surface area contributed by atoms with E-state index in [-0.39, 0.29) is 0 Å². The highest BCUT2D eigenvalue weighted by Gasteiger charge is 2.09. The standard InChI is InChI=1S/C12H8N6/c1-2-4-10(12-6-8-14-18-16-12)9(3-1)11-5-7-13-17-15-11/h1-8H. The van der Waals surface area contributed by atoms with Gasteiger partial charge in [-0.05, 0) is 22.6 Å². The van der Waals surface area contributed by atoms with Gasteiger partial charge in [0.25, 0.3) is 0 Å². The van der Waals surface area contributed by atoms with Gasteiger partial charge in [-0.1, -0.05) is 24.3 Å². The summed E-state index contributed by atoms with van der Waals surface area (Å²) in [4.78, 5) is 0. The maximum Gasteiger partial charge on any atom is 0.0970 e. The minimum Gasteiger partial charge on any atom is -0.139 e. The Morgan fingerprint density at radius 2 is 1.11 bits per heavy atom. The van der Waals surface area contributed by atoms with E-state index in [0.29, 0.717) is 0 Å². The summed E-state index contributed by atoms with van der Waals surface area (Å²) in [6, 6.07) is 11.4. The van der Waals surface area contributed by atoms with E-state index in [1.165, 1.54) is 0 Å². The fourth-order valence-corrected chi connectivity index (χ4v) is 1.70. The van der Waals surface area contributed by atoms with Crippen molar-refractivity contribution in [3.63, 3.8) is 0 Å². The van der Waals surface area contributed by atoms with Gasteiger partial charge in [-0.3, -0.25) is 0 Å². The molecule has 3 rings (SSSR count). The van der Waals surface area contributed by atoms with Crippen molar-refractivity contribution in [1.82, 2.24) is 30.8 Å². The van der Waals surface area contributed by atoms with Crippen LogP contribution in [-0.4, -0.2) is 30.8 Å². The second kappa shape index (κ2) is 4.62. The van der Waals surface area contributed by atoms with Crippen molar-refractivity contribution in [2.45, 2.75) is 0 Å². The summed E-state index contributed by atoms with van der Waals surface area (Å²) < 4.78 is 0. The molecule has 0 aliphatic heterocycles. The Kier molecular flexibility index (Phi) is 2.67. The highest BCUT2D eigenvalue weighted by Crippen LogP contribution is 2.28. The van der Waals surface area contributed by atoms with Gasteiger partial charge in [-0.25, -0.2) is 0 Å². The van der Waals surface area contributed by atoms with E-state index in [4.69, 9.17) is 0 Å². The summed E-state index contributed by atoms with van der Waals surface area (Å²) in [5, 5.41) is 22.7. The normalized spacial score (nSPS) is 10.2. The fraction of sp³-hybridized carbons (Fsp3) is 0. The molecule has 0 aliphatic carbocycles. The van der Waals surface area contributed by atoms with Crippen LogP contribution in [-0.2, 0) is 0 Å². The minimum atomic E-state index is 0.749. The second-order valence-electron chi connectivity index (χ2n) is 3.56. The molecule has 2 heterocycles. The molecular weight excluding hydrogens is 228 g/mol. The quantitative estimate of drug-likeness (QED) is 0.669. The van der Waals surface area contributed by atoms with E-state index < -0.39 is 0 Å². The summed E-state index contributed by atoms with van der Waals surface area (Å²) in [7, 11) is 0. The smallest absolute Gasteiger partial charge is 0.0970 e. The summed E-state index contributed by atoms with van der Waals surface area (Å²) in [6.07, 6.45) is 3.22. The fourth-order valence-electron chi connectivity index (χ4n) is 1.70. The minimum absolute atomic E-state index is 0.749. The van der Waals surface area contributed by atoms with Crippen LogP contribution in [0.25, 0.3) is 22.5 Å². The first-order valence-electron chi connectivity index (χ1n) is 5.33. The third-order valence-electron chi connectivity index (χ3n) is 2.49. The van der Waals surface area contributed by atoms with Crippen molar-refractivity contribution >= 4 is 0 Å². The maximum absolute atomic E-state index is 4.01. The molecule has 0 N–H and O–H groups in total. The van der Waals surface area contributed by atoms with Gasteiger partial charge in [-0.15, -0.1) is 20.4 Å². The lowest BCUT2D eigenvalue weighted by Crippen LogP contribution is -1.94. The lowest BCUT2D eigenvalue weighted by molar-refractivity contribution is 0.866. The summed E-state index contributed by atoms with van der Waals surface area (Å²) in [5.74, 6) is 0. The van der Waals surface area contributed by atoms with Crippen LogP contribution in [0, 0.1) is 0 Å². The van der Waals surface area contributed by atoms with Crippen molar-refractivity contribution in [1.29, 1.82) is 0 Å². The molecule has 0 spiro atoms. The first-order valence-corrected chi connectivity index (χ1v) is 5.33. The Bertz CT molecular complexity index is 582. The maximum atomic E-state index is 4.01. The van der Waals surface area contributed by atoms with Gasteiger partial charge in [0.15, 0.2) is 0 Å². The highest BCUT2D eigenvalue weighted by molar-refractivity contribution is 5.79.